The zero-order chi connectivity index (χ0) is 18.9. The molecule has 0 spiro atoms. The van der Waals surface area contributed by atoms with Crippen LogP contribution in [-0.2, 0) is 5.41 Å². The maximum absolute atomic E-state index is 6.08. The lowest BCUT2D eigenvalue weighted by molar-refractivity contribution is 0.461. The zero-order valence-corrected chi connectivity index (χ0v) is 15.8. The molecule has 0 bridgehead atoms. The highest BCUT2D eigenvalue weighted by Crippen LogP contribution is 2.33. The number of ether oxygens (including phenoxy) is 1. The van der Waals surface area contributed by atoms with Gasteiger partial charge in [0, 0.05) is 16.3 Å². The van der Waals surface area contributed by atoms with Crippen molar-refractivity contribution >= 4 is 10.8 Å². The molecule has 0 N–H and O–H groups in total. The molecule has 0 fully saturated rings. The van der Waals surface area contributed by atoms with Crippen LogP contribution in [0.5, 0.6) is 11.6 Å². The van der Waals surface area contributed by atoms with E-state index >= 15 is 0 Å². The molecule has 0 saturated heterocycles. The molecule has 4 rings (SSSR count). The molecule has 0 amide bonds. The van der Waals surface area contributed by atoms with E-state index in [1.165, 1.54) is 5.56 Å². The lowest BCUT2D eigenvalue weighted by Gasteiger charge is -2.19. The van der Waals surface area contributed by atoms with Gasteiger partial charge in [-0.15, -0.1) is 10.2 Å². The van der Waals surface area contributed by atoms with E-state index in [0.717, 1.165) is 27.8 Å². The van der Waals surface area contributed by atoms with Crippen molar-refractivity contribution in [3.05, 3.63) is 84.4 Å². The van der Waals surface area contributed by atoms with Crippen LogP contribution in [0.3, 0.4) is 0 Å². The summed E-state index contributed by atoms with van der Waals surface area (Å²) in [6.07, 6.45) is 0. The van der Waals surface area contributed by atoms with Gasteiger partial charge in [-0.25, -0.2) is 0 Å². The highest BCUT2D eigenvalue weighted by molar-refractivity contribution is 5.97. The molecule has 0 aliphatic rings. The van der Waals surface area contributed by atoms with E-state index in [-0.39, 0.29) is 5.41 Å². The molecule has 0 radical (unpaired) electrons. The summed E-state index contributed by atoms with van der Waals surface area (Å²) in [5, 5.41) is 10.8. The summed E-state index contributed by atoms with van der Waals surface area (Å²) < 4.78 is 6.08. The van der Waals surface area contributed by atoms with Gasteiger partial charge in [0.1, 0.15) is 11.4 Å². The van der Waals surface area contributed by atoms with Crippen molar-refractivity contribution in [2.45, 2.75) is 26.2 Å². The third kappa shape index (κ3) is 3.54. The maximum atomic E-state index is 6.08. The Morgan fingerprint density at radius 2 is 1.30 bits per heavy atom. The second-order valence-electron chi connectivity index (χ2n) is 7.64. The van der Waals surface area contributed by atoms with Crippen molar-refractivity contribution in [2.24, 2.45) is 0 Å². The Labute approximate surface area is 159 Å². The first-order chi connectivity index (χ1) is 13.0. The van der Waals surface area contributed by atoms with Gasteiger partial charge in [0.05, 0.1) is 0 Å². The monoisotopic (exact) mass is 354 g/mol. The molecule has 3 heteroatoms. The van der Waals surface area contributed by atoms with Crippen molar-refractivity contribution in [3.8, 4) is 22.9 Å². The molecule has 3 aromatic carbocycles. The van der Waals surface area contributed by atoms with E-state index in [2.05, 4.69) is 49.2 Å². The molecule has 3 nitrogen and oxygen atoms in total. The summed E-state index contributed by atoms with van der Waals surface area (Å²) in [4.78, 5) is 0. The second-order valence-corrected chi connectivity index (χ2v) is 7.64. The number of fused-ring (bicyclic) bond motifs is 1. The smallest absolute Gasteiger partial charge is 0.246 e. The number of benzene rings is 3. The minimum absolute atomic E-state index is 0.113. The summed E-state index contributed by atoms with van der Waals surface area (Å²) in [6, 6.07) is 26.4. The molecule has 134 valence electrons. The van der Waals surface area contributed by atoms with Gasteiger partial charge < -0.3 is 4.74 Å². The van der Waals surface area contributed by atoms with Gasteiger partial charge in [-0.1, -0.05) is 81.4 Å². The van der Waals surface area contributed by atoms with Crippen LogP contribution in [0.15, 0.2) is 78.9 Å². The summed E-state index contributed by atoms with van der Waals surface area (Å²) >= 11 is 0. The van der Waals surface area contributed by atoms with Crippen LogP contribution in [-0.4, -0.2) is 10.2 Å². The number of rotatable bonds is 3. The van der Waals surface area contributed by atoms with Crippen molar-refractivity contribution in [1.82, 2.24) is 10.2 Å². The van der Waals surface area contributed by atoms with Crippen LogP contribution in [0.25, 0.3) is 22.0 Å². The fraction of sp³-hybridized carbons (Fsp3) is 0.167. The average molecular weight is 354 g/mol. The molecule has 27 heavy (non-hydrogen) atoms. The van der Waals surface area contributed by atoms with Gasteiger partial charge >= 0.3 is 0 Å². The van der Waals surface area contributed by atoms with Crippen LogP contribution < -0.4 is 4.74 Å². The molecule has 1 heterocycles. The molecule has 4 aromatic rings. The van der Waals surface area contributed by atoms with E-state index < -0.39 is 0 Å². The summed E-state index contributed by atoms with van der Waals surface area (Å²) in [5.41, 5.74) is 3.29. The minimum atomic E-state index is 0.113. The number of aromatic nitrogens is 2. The van der Waals surface area contributed by atoms with Crippen molar-refractivity contribution in [3.63, 3.8) is 0 Å². The molecule has 1 aromatic heterocycles. The lowest BCUT2D eigenvalue weighted by atomic mass is 9.87. The van der Waals surface area contributed by atoms with E-state index in [9.17, 15) is 0 Å². The topological polar surface area (TPSA) is 35.0 Å². The van der Waals surface area contributed by atoms with E-state index in [1.54, 1.807) is 0 Å². The minimum Gasteiger partial charge on any atom is -0.437 e. The number of nitrogens with zero attached hydrogens (tertiary/aromatic N) is 2. The quantitative estimate of drug-likeness (QED) is 0.428. The Morgan fingerprint density at radius 1 is 0.667 bits per heavy atom. The van der Waals surface area contributed by atoms with Crippen LogP contribution in [0.4, 0.5) is 0 Å². The predicted molar refractivity (Wildman–Crippen MR) is 110 cm³/mol. The highest BCUT2D eigenvalue weighted by Gasteiger charge is 2.15. The van der Waals surface area contributed by atoms with Crippen LogP contribution in [0, 0.1) is 0 Å². The van der Waals surface area contributed by atoms with Crippen molar-refractivity contribution < 1.29 is 4.74 Å². The highest BCUT2D eigenvalue weighted by atomic mass is 16.5. The van der Waals surface area contributed by atoms with Gasteiger partial charge in [0.2, 0.25) is 5.88 Å². The first kappa shape index (κ1) is 17.2. The Kier molecular flexibility index (Phi) is 4.36. The Bertz CT molecular complexity index is 1060. The van der Waals surface area contributed by atoms with Gasteiger partial charge in [-0.2, -0.15) is 0 Å². The fourth-order valence-corrected chi connectivity index (χ4v) is 3.10. The SMILES string of the molecule is CC(C)(C)c1ccc(Oc2nnc(-c3ccccc3)c3ccccc23)cc1. The zero-order valence-electron chi connectivity index (χ0n) is 15.8. The maximum Gasteiger partial charge on any atom is 0.246 e. The molecular weight excluding hydrogens is 332 g/mol. The first-order valence-corrected chi connectivity index (χ1v) is 9.11. The van der Waals surface area contributed by atoms with Gasteiger partial charge in [-0.3, -0.25) is 0 Å². The molecule has 0 aliphatic carbocycles. The summed E-state index contributed by atoms with van der Waals surface area (Å²) in [6.45, 7) is 6.60. The van der Waals surface area contributed by atoms with Crippen molar-refractivity contribution in [2.75, 3.05) is 0 Å². The number of hydrogen-bond acceptors (Lipinski definition) is 3. The average Bonchev–Trinajstić information content (AvgIpc) is 2.69. The predicted octanol–water partition coefficient (Wildman–Crippen LogP) is 6.39. The Balaban J connectivity index is 1.73. The van der Waals surface area contributed by atoms with Crippen molar-refractivity contribution in [1.29, 1.82) is 0 Å². The van der Waals surface area contributed by atoms with Gasteiger partial charge in [-0.05, 0) is 29.2 Å². The van der Waals surface area contributed by atoms with E-state index in [1.807, 2.05) is 60.7 Å². The Morgan fingerprint density at radius 3 is 1.96 bits per heavy atom. The lowest BCUT2D eigenvalue weighted by Crippen LogP contribution is -2.10. The van der Waals surface area contributed by atoms with Gasteiger partial charge in [0.15, 0.2) is 0 Å². The normalized spacial score (nSPS) is 11.5. The third-order valence-corrected chi connectivity index (χ3v) is 4.64. The molecule has 0 atom stereocenters. The molecule has 0 aliphatic heterocycles. The summed E-state index contributed by atoms with van der Waals surface area (Å²) in [5.74, 6) is 1.28. The van der Waals surface area contributed by atoms with E-state index in [0.29, 0.717) is 5.88 Å². The Hall–Kier alpha value is -3.20. The largest absolute Gasteiger partial charge is 0.437 e. The molecular formula is C24H22N2O. The molecule has 0 saturated carbocycles. The van der Waals surface area contributed by atoms with Gasteiger partial charge in [0.25, 0.3) is 0 Å². The fourth-order valence-electron chi connectivity index (χ4n) is 3.10. The standard InChI is InChI=1S/C24H22N2O/c1-24(2,3)18-13-15-19(16-14-18)27-23-21-12-8-7-11-20(21)22(25-26-23)17-9-5-4-6-10-17/h4-16H,1-3H3. The van der Waals surface area contributed by atoms with Crippen LogP contribution in [0.1, 0.15) is 26.3 Å². The van der Waals surface area contributed by atoms with E-state index in [4.69, 9.17) is 4.74 Å². The third-order valence-electron chi connectivity index (χ3n) is 4.64. The van der Waals surface area contributed by atoms with Crippen LogP contribution in [0.2, 0.25) is 0 Å². The second kappa shape index (κ2) is 6.84. The summed E-state index contributed by atoms with van der Waals surface area (Å²) in [7, 11) is 0. The number of hydrogen-bond donors (Lipinski definition) is 0. The molecule has 0 unspecified atom stereocenters. The first-order valence-electron chi connectivity index (χ1n) is 9.11. The van der Waals surface area contributed by atoms with Crippen LogP contribution >= 0.6 is 0 Å².